The van der Waals surface area contributed by atoms with Crippen LogP contribution in [0.2, 0.25) is 5.02 Å². The highest BCUT2D eigenvalue weighted by Crippen LogP contribution is 2.53. The highest BCUT2D eigenvalue weighted by Gasteiger charge is 2.50. The maximum absolute atomic E-state index is 13.8. The zero-order chi connectivity index (χ0) is 23.9. The first kappa shape index (κ1) is 22.2. The van der Waals surface area contributed by atoms with E-state index in [0.29, 0.717) is 18.5 Å². The van der Waals surface area contributed by atoms with Crippen molar-refractivity contribution in [2.24, 2.45) is 11.8 Å². The summed E-state index contributed by atoms with van der Waals surface area (Å²) in [6.07, 6.45) is 1.04. The van der Waals surface area contributed by atoms with Gasteiger partial charge in [0.25, 0.3) is 5.91 Å². The molecule has 0 radical (unpaired) electrons. The molecule has 2 aromatic rings. The molecule has 0 spiro atoms. The van der Waals surface area contributed by atoms with Crippen molar-refractivity contribution in [1.29, 1.82) is 0 Å². The van der Waals surface area contributed by atoms with Crippen LogP contribution in [0, 0.1) is 11.8 Å². The van der Waals surface area contributed by atoms with Crippen molar-refractivity contribution in [3.63, 3.8) is 0 Å². The van der Waals surface area contributed by atoms with Crippen molar-refractivity contribution < 1.29 is 22.8 Å². The largest absolute Gasteiger partial charge is 0.433 e. The first-order valence-corrected chi connectivity index (χ1v) is 12.4. The number of aromatic nitrogens is 2. The number of carbonyl (C=O) groups is 2. The molecule has 4 aliphatic rings. The van der Waals surface area contributed by atoms with Crippen LogP contribution >= 0.6 is 11.6 Å². The number of rotatable bonds is 4. The molecule has 2 aromatic heterocycles. The van der Waals surface area contributed by atoms with Crippen LogP contribution in [0.5, 0.6) is 0 Å². The Morgan fingerprint density at radius 1 is 1.18 bits per heavy atom. The fourth-order valence-corrected chi connectivity index (χ4v) is 6.28. The van der Waals surface area contributed by atoms with Gasteiger partial charge in [-0.25, -0.2) is 4.52 Å². The van der Waals surface area contributed by atoms with Gasteiger partial charge in [0.2, 0.25) is 5.91 Å². The zero-order valence-corrected chi connectivity index (χ0v) is 19.6. The van der Waals surface area contributed by atoms with Gasteiger partial charge in [-0.15, -0.1) is 0 Å². The van der Waals surface area contributed by atoms with E-state index in [1.165, 1.54) is 11.3 Å². The molecule has 0 aromatic carbocycles. The number of carbonyl (C=O) groups excluding carboxylic acids is 2. The molecule has 0 bridgehead atoms. The number of amides is 2. The lowest BCUT2D eigenvalue weighted by atomic mass is 10.0. The number of nitrogens with zero attached hydrogens (tertiary/aromatic N) is 4. The van der Waals surface area contributed by atoms with E-state index in [4.69, 9.17) is 11.6 Å². The number of alkyl halides is 3. The molecule has 3 heterocycles. The minimum absolute atomic E-state index is 0.0731. The van der Waals surface area contributed by atoms with E-state index in [2.05, 4.69) is 5.10 Å². The average Bonchev–Trinajstić information content (AvgIpc) is 3.71. The molecule has 3 unspecified atom stereocenters. The van der Waals surface area contributed by atoms with Gasteiger partial charge in [0.15, 0.2) is 5.69 Å². The Bertz CT molecular complexity index is 1180. The summed E-state index contributed by atoms with van der Waals surface area (Å²) >= 11 is 6.46. The highest BCUT2D eigenvalue weighted by molar-refractivity contribution is 6.36. The molecule has 3 saturated carbocycles. The molecule has 0 N–H and O–H groups in total. The number of hydrogen-bond donors (Lipinski definition) is 0. The minimum atomic E-state index is -4.64. The molecule has 3 aliphatic carbocycles. The Kier molecular flexibility index (Phi) is 4.96. The quantitative estimate of drug-likeness (QED) is 0.616. The lowest BCUT2D eigenvalue weighted by molar-refractivity contribution is -0.143. The van der Waals surface area contributed by atoms with Crippen molar-refractivity contribution in [2.75, 3.05) is 13.1 Å². The van der Waals surface area contributed by atoms with Gasteiger partial charge >= 0.3 is 6.18 Å². The van der Waals surface area contributed by atoms with Crippen LogP contribution in [0.4, 0.5) is 13.2 Å². The maximum Gasteiger partial charge on any atom is 0.433 e. The summed E-state index contributed by atoms with van der Waals surface area (Å²) in [6.45, 7) is 2.21. The zero-order valence-electron chi connectivity index (χ0n) is 18.8. The SMILES string of the molecule is CCC1CN(C(=O)c2nn3c(C(F)(F)F)cc(C4CC4)cc3c2Cl)CC(=O)N1C1CC2CC2C1. The van der Waals surface area contributed by atoms with Gasteiger partial charge < -0.3 is 9.80 Å². The second kappa shape index (κ2) is 7.60. The second-order valence-corrected chi connectivity index (χ2v) is 10.7. The number of halogens is 4. The van der Waals surface area contributed by atoms with Gasteiger partial charge in [0.1, 0.15) is 12.2 Å². The average molecular weight is 495 g/mol. The highest BCUT2D eigenvalue weighted by atomic mass is 35.5. The lowest BCUT2D eigenvalue weighted by Gasteiger charge is -2.44. The predicted molar refractivity (Wildman–Crippen MR) is 119 cm³/mol. The van der Waals surface area contributed by atoms with E-state index in [-0.39, 0.29) is 46.7 Å². The first-order chi connectivity index (χ1) is 16.2. The van der Waals surface area contributed by atoms with Crippen LogP contribution in [0.3, 0.4) is 0 Å². The van der Waals surface area contributed by atoms with E-state index < -0.39 is 17.8 Å². The standard InChI is InChI=1S/C24H26ClF3N4O2/c1-2-16-10-30(11-20(33)31(16)17-6-13-5-14(13)7-17)23(34)22-21(25)18-8-15(12-3-4-12)9-19(24(26,27)28)32(18)29-22/h8-9,12-14,16-17H,2-7,10-11H2,1H3. The van der Waals surface area contributed by atoms with Crippen LogP contribution in [-0.4, -0.2) is 56.4 Å². The topological polar surface area (TPSA) is 57.9 Å². The molecule has 3 atom stereocenters. The summed E-state index contributed by atoms with van der Waals surface area (Å²) in [7, 11) is 0. The van der Waals surface area contributed by atoms with Crippen molar-refractivity contribution in [3.8, 4) is 0 Å². The third-order valence-corrected chi connectivity index (χ3v) is 8.42. The van der Waals surface area contributed by atoms with Gasteiger partial charge in [0.05, 0.1) is 10.5 Å². The fourth-order valence-electron chi connectivity index (χ4n) is 6.03. The maximum atomic E-state index is 13.8. The number of fused-ring (bicyclic) bond motifs is 2. The molecular formula is C24H26ClF3N4O2. The van der Waals surface area contributed by atoms with Crippen LogP contribution in [0.25, 0.3) is 5.52 Å². The second-order valence-electron chi connectivity index (χ2n) is 10.3. The Labute approximate surface area is 200 Å². The van der Waals surface area contributed by atoms with Gasteiger partial charge in [-0.2, -0.15) is 18.3 Å². The summed E-state index contributed by atoms with van der Waals surface area (Å²) in [6, 6.07) is 2.81. The van der Waals surface area contributed by atoms with Crippen LogP contribution in [-0.2, 0) is 11.0 Å². The molecule has 2 amide bonds. The lowest BCUT2D eigenvalue weighted by Crippen LogP contribution is -2.60. The van der Waals surface area contributed by atoms with E-state index in [1.807, 2.05) is 11.8 Å². The van der Waals surface area contributed by atoms with E-state index >= 15 is 0 Å². The fraction of sp³-hybridized carbons (Fsp3) is 0.625. The third-order valence-electron chi connectivity index (χ3n) is 8.05. The Morgan fingerprint density at radius 2 is 1.88 bits per heavy atom. The third kappa shape index (κ3) is 3.58. The normalized spacial score (nSPS) is 29.1. The van der Waals surface area contributed by atoms with Gasteiger partial charge in [0, 0.05) is 18.6 Å². The Hall–Kier alpha value is -2.29. The Balaban J connectivity index is 1.31. The molecule has 10 heteroatoms. The molecule has 34 heavy (non-hydrogen) atoms. The number of pyridine rings is 1. The molecule has 1 saturated heterocycles. The summed E-state index contributed by atoms with van der Waals surface area (Å²) in [4.78, 5) is 29.9. The molecule has 6 nitrogen and oxygen atoms in total. The summed E-state index contributed by atoms with van der Waals surface area (Å²) < 4.78 is 42.1. The Morgan fingerprint density at radius 3 is 2.50 bits per heavy atom. The molecule has 4 fully saturated rings. The molecule has 6 rings (SSSR count). The smallest absolute Gasteiger partial charge is 0.333 e. The van der Waals surface area contributed by atoms with Crippen molar-refractivity contribution in [1.82, 2.24) is 19.4 Å². The van der Waals surface area contributed by atoms with E-state index in [1.54, 1.807) is 6.07 Å². The van der Waals surface area contributed by atoms with Crippen molar-refractivity contribution in [2.45, 2.75) is 69.6 Å². The molecule has 1 aliphatic heterocycles. The van der Waals surface area contributed by atoms with Crippen molar-refractivity contribution >= 4 is 28.9 Å². The van der Waals surface area contributed by atoms with Crippen LogP contribution in [0.15, 0.2) is 12.1 Å². The van der Waals surface area contributed by atoms with Gasteiger partial charge in [-0.3, -0.25) is 9.59 Å². The van der Waals surface area contributed by atoms with Crippen LogP contribution in [0.1, 0.15) is 73.1 Å². The number of hydrogen-bond acceptors (Lipinski definition) is 3. The molecular weight excluding hydrogens is 469 g/mol. The van der Waals surface area contributed by atoms with Gasteiger partial charge in [-0.1, -0.05) is 18.5 Å². The minimum Gasteiger partial charge on any atom is -0.333 e. The van der Waals surface area contributed by atoms with Crippen LogP contribution < -0.4 is 0 Å². The molecule has 182 valence electrons. The summed E-state index contributed by atoms with van der Waals surface area (Å²) in [5, 5.41) is 3.91. The first-order valence-electron chi connectivity index (χ1n) is 12.1. The van der Waals surface area contributed by atoms with E-state index in [9.17, 15) is 22.8 Å². The number of piperazine rings is 1. The monoisotopic (exact) mass is 494 g/mol. The van der Waals surface area contributed by atoms with E-state index in [0.717, 1.165) is 48.1 Å². The summed E-state index contributed by atoms with van der Waals surface area (Å²) in [5.41, 5.74) is -0.549. The van der Waals surface area contributed by atoms with Gasteiger partial charge in [-0.05, 0) is 74.0 Å². The van der Waals surface area contributed by atoms with Crippen molar-refractivity contribution in [3.05, 3.63) is 34.1 Å². The predicted octanol–water partition coefficient (Wildman–Crippen LogP) is 4.75. The summed E-state index contributed by atoms with van der Waals surface area (Å²) in [5.74, 6) is 0.833.